The molecule has 3 heteroatoms. The average molecular weight is 205 g/mol. The van der Waals surface area contributed by atoms with Crippen molar-refractivity contribution in [3.05, 3.63) is 30.3 Å². The molecule has 1 atom stereocenters. The first-order chi connectivity index (χ1) is 7.36. The maximum Gasteiger partial charge on any atom is 0.310 e. The Bertz CT molecular complexity index is 324. The van der Waals surface area contributed by atoms with Crippen LogP contribution in [0.4, 0.5) is 5.69 Å². The average Bonchev–Trinajstić information content (AvgIpc) is 2.29. The van der Waals surface area contributed by atoms with Gasteiger partial charge in [0, 0.05) is 12.2 Å². The van der Waals surface area contributed by atoms with Crippen molar-refractivity contribution in [3.63, 3.8) is 0 Å². The van der Waals surface area contributed by atoms with Crippen LogP contribution in [0.2, 0.25) is 0 Å². The van der Waals surface area contributed by atoms with Gasteiger partial charge >= 0.3 is 5.97 Å². The Morgan fingerprint density at radius 3 is 2.87 bits per heavy atom. The predicted molar refractivity (Wildman–Crippen MR) is 58.6 cm³/mol. The third-order valence-electron chi connectivity index (χ3n) is 2.60. The molecule has 0 aliphatic carbocycles. The lowest BCUT2D eigenvalue weighted by molar-refractivity contribution is -0.152. The van der Waals surface area contributed by atoms with Gasteiger partial charge in [-0.1, -0.05) is 18.2 Å². The number of nitrogens with one attached hydrogen (secondary N) is 1. The number of carbonyl (C=O) groups is 1. The van der Waals surface area contributed by atoms with Gasteiger partial charge in [0.25, 0.3) is 0 Å². The van der Waals surface area contributed by atoms with Crippen molar-refractivity contribution in [2.75, 3.05) is 18.5 Å². The second-order valence-corrected chi connectivity index (χ2v) is 3.75. The number of benzene rings is 1. The molecule has 0 bridgehead atoms. The summed E-state index contributed by atoms with van der Waals surface area (Å²) in [5.74, 6) is -0.0522. The van der Waals surface area contributed by atoms with Crippen LogP contribution in [-0.2, 0) is 9.53 Å². The lowest BCUT2D eigenvalue weighted by atomic mass is 10.0. The van der Waals surface area contributed by atoms with Crippen molar-refractivity contribution < 1.29 is 9.53 Å². The number of anilines is 1. The van der Waals surface area contributed by atoms with Gasteiger partial charge in [-0.3, -0.25) is 4.79 Å². The topological polar surface area (TPSA) is 38.3 Å². The fraction of sp³-hybridized carbons (Fsp3) is 0.417. The van der Waals surface area contributed by atoms with Crippen LogP contribution in [0.1, 0.15) is 12.8 Å². The number of carbonyl (C=O) groups excluding carboxylic acids is 1. The highest BCUT2D eigenvalue weighted by atomic mass is 16.5. The molecule has 0 aromatic heterocycles. The standard InChI is InChI=1S/C12H15NO2/c14-12-10(5-4-8-15-12)9-13-11-6-2-1-3-7-11/h1-3,6-7,10,13H,4-5,8-9H2. The highest BCUT2D eigenvalue weighted by Gasteiger charge is 2.23. The van der Waals surface area contributed by atoms with E-state index >= 15 is 0 Å². The first-order valence-electron chi connectivity index (χ1n) is 5.32. The maximum atomic E-state index is 11.4. The van der Waals surface area contributed by atoms with Crippen LogP contribution in [0.25, 0.3) is 0 Å². The SMILES string of the molecule is O=C1OCCCC1CNc1ccccc1. The molecule has 15 heavy (non-hydrogen) atoms. The van der Waals surface area contributed by atoms with Crippen LogP contribution >= 0.6 is 0 Å². The highest BCUT2D eigenvalue weighted by molar-refractivity contribution is 5.73. The zero-order valence-corrected chi connectivity index (χ0v) is 8.61. The van der Waals surface area contributed by atoms with E-state index in [2.05, 4.69) is 5.32 Å². The monoisotopic (exact) mass is 205 g/mol. The van der Waals surface area contributed by atoms with E-state index in [0.29, 0.717) is 13.2 Å². The maximum absolute atomic E-state index is 11.4. The van der Waals surface area contributed by atoms with Gasteiger partial charge in [-0.25, -0.2) is 0 Å². The number of ether oxygens (including phenoxy) is 1. The number of rotatable bonds is 3. The molecule has 0 amide bonds. The number of hydrogen-bond donors (Lipinski definition) is 1. The van der Waals surface area contributed by atoms with E-state index in [1.165, 1.54) is 0 Å². The number of esters is 1. The molecule has 80 valence electrons. The lowest BCUT2D eigenvalue weighted by Gasteiger charge is -2.21. The highest BCUT2D eigenvalue weighted by Crippen LogP contribution is 2.16. The molecular formula is C12H15NO2. The van der Waals surface area contributed by atoms with Gasteiger partial charge < -0.3 is 10.1 Å². The summed E-state index contributed by atoms with van der Waals surface area (Å²) in [4.78, 5) is 11.4. The smallest absolute Gasteiger partial charge is 0.310 e. The predicted octanol–water partition coefficient (Wildman–Crippen LogP) is 2.05. The quantitative estimate of drug-likeness (QED) is 0.767. The summed E-state index contributed by atoms with van der Waals surface area (Å²) in [5, 5.41) is 3.24. The minimum atomic E-state index is -0.0651. The van der Waals surface area contributed by atoms with Crippen LogP contribution in [0.5, 0.6) is 0 Å². The van der Waals surface area contributed by atoms with Crippen LogP contribution in [0.15, 0.2) is 30.3 Å². The molecule has 1 aliphatic heterocycles. The normalized spacial score (nSPS) is 20.8. The van der Waals surface area contributed by atoms with E-state index in [9.17, 15) is 4.79 Å². The summed E-state index contributed by atoms with van der Waals surface area (Å²) in [6.45, 7) is 1.25. The second-order valence-electron chi connectivity index (χ2n) is 3.75. The molecular weight excluding hydrogens is 190 g/mol. The van der Waals surface area contributed by atoms with Gasteiger partial charge in [-0.05, 0) is 25.0 Å². The molecule has 1 unspecified atom stereocenters. The first kappa shape index (κ1) is 10.0. The van der Waals surface area contributed by atoms with E-state index in [4.69, 9.17) is 4.74 Å². The molecule has 3 nitrogen and oxygen atoms in total. The number of cyclic esters (lactones) is 1. The Morgan fingerprint density at radius 2 is 2.13 bits per heavy atom. The van der Waals surface area contributed by atoms with Crippen molar-refractivity contribution in [1.29, 1.82) is 0 Å². The van der Waals surface area contributed by atoms with Crippen molar-refractivity contribution in [3.8, 4) is 0 Å². The second kappa shape index (κ2) is 4.82. The molecule has 1 heterocycles. The minimum Gasteiger partial charge on any atom is -0.465 e. The molecule has 1 aromatic rings. The van der Waals surface area contributed by atoms with Gasteiger partial charge in [-0.15, -0.1) is 0 Å². The summed E-state index contributed by atoms with van der Waals surface area (Å²) < 4.78 is 5.00. The minimum absolute atomic E-state index is 0.0129. The zero-order chi connectivity index (χ0) is 10.5. The van der Waals surface area contributed by atoms with Gasteiger partial charge in [0.2, 0.25) is 0 Å². The molecule has 1 aromatic carbocycles. The van der Waals surface area contributed by atoms with Crippen LogP contribution in [-0.4, -0.2) is 19.1 Å². The Morgan fingerprint density at radius 1 is 1.33 bits per heavy atom. The molecule has 1 N–H and O–H groups in total. The van der Waals surface area contributed by atoms with Gasteiger partial charge in [0.15, 0.2) is 0 Å². The largest absolute Gasteiger partial charge is 0.465 e. The third-order valence-corrected chi connectivity index (χ3v) is 2.60. The van der Waals surface area contributed by atoms with E-state index < -0.39 is 0 Å². The fourth-order valence-corrected chi connectivity index (χ4v) is 1.72. The summed E-state index contributed by atoms with van der Waals surface area (Å²) in [6, 6.07) is 9.91. The van der Waals surface area contributed by atoms with E-state index in [1.54, 1.807) is 0 Å². The summed E-state index contributed by atoms with van der Waals surface area (Å²) in [6.07, 6.45) is 1.91. The first-order valence-corrected chi connectivity index (χ1v) is 5.32. The molecule has 0 spiro atoms. The molecule has 2 rings (SSSR count). The van der Waals surface area contributed by atoms with E-state index in [0.717, 1.165) is 18.5 Å². The summed E-state index contributed by atoms with van der Waals surface area (Å²) in [7, 11) is 0. The molecule has 1 saturated heterocycles. The van der Waals surface area contributed by atoms with Crippen LogP contribution in [0, 0.1) is 5.92 Å². The Balaban J connectivity index is 1.85. The van der Waals surface area contributed by atoms with Gasteiger partial charge in [-0.2, -0.15) is 0 Å². The van der Waals surface area contributed by atoms with Crippen molar-refractivity contribution in [2.45, 2.75) is 12.8 Å². The fourth-order valence-electron chi connectivity index (χ4n) is 1.72. The number of para-hydroxylation sites is 1. The van der Waals surface area contributed by atoms with E-state index in [-0.39, 0.29) is 11.9 Å². The van der Waals surface area contributed by atoms with Crippen LogP contribution in [0.3, 0.4) is 0 Å². The van der Waals surface area contributed by atoms with E-state index in [1.807, 2.05) is 30.3 Å². The van der Waals surface area contributed by atoms with Crippen molar-refractivity contribution in [1.82, 2.24) is 0 Å². The Kier molecular flexibility index (Phi) is 3.22. The molecule has 0 radical (unpaired) electrons. The summed E-state index contributed by atoms with van der Waals surface area (Å²) in [5.41, 5.74) is 1.05. The van der Waals surface area contributed by atoms with Crippen LogP contribution < -0.4 is 5.32 Å². The van der Waals surface area contributed by atoms with Crippen molar-refractivity contribution >= 4 is 11.7 Å². The third kappa shape index (κ3) is 2.72. The van der Waals surface area contributed by atoms with Crippen molar-refractivity contribution in [2.24, 2.45) is 5.92 Å². The molecule has 1 fully saturated rings. The van der Waals surface area contributed by atoms with Gasteiger partial charge in [0.1, 0.15) is 0 Å². The zero-order valence-electron chi connectivity index (χ0n) is 8.61. The molecule has 0 saturated carbocycles. The summed E-state index contributed by atoms with van der Waals surface area (Å²) >= 11 is 0. The Hall–Kier alpha value is -1.51. The van der Waals surface area contributed by atoms with Gasteiger partial charge in [0.05, 0.1) is 12.5 Å². The number of hydrogen-bond acceptors (Lipinski definition) is 3. The molecule has 1 aliphatic rings. The Labute approximate surface area is 89.4 Å². The lowest BCUT2D eigenvalue weighted by Crippen LogP contribution is -2.29.